The zero-order valence-corrected chi connectivity index (χ0v) is 5.42. The van der Waals surface area contributed by atoms with E-state index < -0.39 is 0 Å². The highest BCUT2D eigenvalue weighted by Crippen LogP contribution is 1.71. The van der Waals surface area contributed by atoms with Crippen molar-refractivity contribution in [2.24, 2.45) is 0 Å². The Morgan fingerprint density at radius 2 is 2.44 bits per heavy atom. The molecule has 0 radical (unpaired) electrons. The van der Waals surface area contributed by atoms with Crippen molar-refractivity contribution < 1.29 is 9.90 Å². The lowest BCUT2D eigenvalue weighted by Gasteiger charge is -1.90. The molecule has 0 fully saturated rings. The minimum absolute atomic E-state index is 0.0229. The van der Waals surface area contributed by atoms with Crippen molar-refractivity contribution in [3.8, 4) is 0 Å². The molecule has 0 spiro atoms. The third-order valence-corrected chi connectivity index (χ3v) is 0.727. The standard InChI is InChI=1S/C6H11NO2/c1-6(9)3-2-4-7-5-8/h2-3,7-8H,4-5H2,1H3/b3-2+. The number of hydrogen-bond donors (Lipinski definition) is 2. The number of nitrogens with one attached hydrogen (secondary N) is 1. The van der Waals surface area contributed by atoms with Crippen LogP contribution >= 0.6 is 0 Å². The molecule has 0 aliphatic carbocycles. The molecule has 0 bridgehead atoms. The first-order valence-electron chi connectivity index (χ1n) is 2.76. The Balaban J connectivity index is 3.15. The highest BCUT2D eigenvalue weighted by Gasteiger charge is 1.79. The average molecular weight is 129 g/mol. The first kappa shape index (κ1) is 8.33. The molecule has 52 valence electrons. The zero-order valence-electron chi connectivity index (χ0n) is 5.42. The molecule has 0 amide bonds. The molecule has 0 aromatic rings. The summed E-state index contributed by atoms with van der Waals surface area (Å²) in [6, 6.07) is 0. The summed E-state index contributed by atoms with van der Waals surface area (Å²) in [5, 5.41) is 10.8. The number of rotatable bonds is 4. The van der Waals surface area contributed by atoms with E-state index in [1.807, 2.05) is 0 Å². The predicted molar refractivity (Wildman–Crippen MR) is 34.9 cm³/mol. The van der Waals surface area contributed by atoms with Crippen LogP contribution in [0.15, 0.2) is 12.2 Å². The number of carbonyl (C=O) groups is 1. The second-order valence-corrected chi connectivity index (χ2v) is 1.63. The van der Waals surface area contributed by atoms with Crippen molar-refractivity contribution in [2.75, 3.05) is 13.3 Å². The van der Waals surface area contributed by atoms with E-state index in [9.17, 15) is 4.79 Å². The molecule has 0 rings (SSSR count). The fourth-order valence-corrected chi connectivity index (χ4v) is 0.373. The number of ketones is 1. The van der Waals surface area contributed by atoms with Crippen LogP contribution in [0.2, 0.25) is 0 Å². The summed E-state index contributed by atoms with van der Waals surface area (Å²) in [5.41, 5.74) is 0. The molecular weight excluding hydrogens is 118 g/mol. The fourth-order valence-electron chi connectivity index (χ4n) is 0.373. The minimum atomic E-state index is -0.0533. The van der Waals surface area contributed by atoms with Gasteiger partial charge in [0.15, 0.2) is 5.78 Å². The van der Waals surface area contributed by atoms with E-state index >= 15 is 0 Å². The summed E-state index contributed by atoms with van der Waals surface area (Å²) in [4.78, 5) is 10.2. The average Bonchev–Trinajstić information content (AvgIpc) is 1.80. The lowest BCUT2D eigenvalue weighted by Crippen LogP contribution is -2.13. The van der Waals surface area contributed by atoms with Gasteiger partial charge in [0.25, 0.3) is 0 Å². The van der Waals surface area contributed by atoms with Crippen LogP contribution < -0.4 is 5.32 Å². The maximum absolute atomic E-state index is 10.2. The number of hydrogen-bond acceptors (Lipinski definition) is 3. The highest BCUT2D eigenvalue weighted by molar-refractivity contribution is 5.87. The molecule has 0 saturated heterocycles. The van der Waals surface area contributed by atoms with Crippen molar-refractivity contribution in [3.05, 3.63) is 12.2 Å². The summed E-state index contributed by atoms with van der Waals surface area (Å²) in [6.07, 6.45) is 3.13. The Kier molecular flexibility index (Phi) is 5.06. The molecule has 0 saturated carbocycles. The van der Waals surface area contributed by atoms with Gasteiger partial charge < -0.3 is 5.11 Å². The molecule has 2 N–H and O–H groups in total. The summed E-state index contributed by atoms with van der Waals surface area (Å²) >= 11 is 0. The Labute approximate surface area is 54.4 Å². The quantitative estimate of drug-likeness (QED) is 0.310. The van der Waals surface area contributed by atoms with E-state index in [2.05, 4.69) is 5.32 Å². The Morgan fingerprint density at radius 1 is 1.78 bits per heavy atom. The van der Waals surface area contributed by atoms with Gasteiger partial charge >= 0.3 is 0 Å². The van der Waals surface area contributed by atoms with Gasteiger partial charge in [-0.15, -0.1) is 0 Å². The smallest absolute Gasteiger partial charge is 0.152 e. The number of carbonyl (C=O) groups excluding carboxylic acids is 1. The van der Waals surface area contributed by atoms with Crippen LogP contribution in [0.25, 0.3) is 0 Å². The first-order valence-corrected chi connectivity index (χ1v) is 2.76. The van der Waals surface area contributed by atoms with E-state index in [0.29, 0.717) is 6.54 Å². The zero-order chi connectivity index (χ0) is 7.11. The second kappa shape index (κ2) is 5.47. The molecular formula is C6H11NO2. The van der Waals surface area contributed by atoms with Gasteiger partial charge in [-0.25, -0.2) is 0 Å². The summed E-state index contributed by atoms with van der Waals surface area (Å²) < 4.78 is 0. The lowest BCUT2D eigenvalue weighted by molar-refractivity contribution is -0.112. The van der Waals surface area contributed by atoms with Gasteiger partial charge in [-0.05, 0) is 13.0 Å². The number of aliphatic hydroxyl groups is 1. The van der Waals surface area contributed by atoms with Crippen molar-refractivity contribution in [2.45, 2.75) is 6.92 Å². The van der Waals surface area contributed by atoms with Crippen LogP contribution in [-0.2, 0) is 4.79 Å². The van der Waals surface area contributed by atoms with Crippen LogP contribution in [0.5, 0.6) is 0 Å². The molecule has 9 heavy (non-hydrogen) atoms. The minimum Gasteiger partial charge on any atom is -0.381 e. The van der Waals surface area contributed by atoms with Crippen molar-refractivity contribution in [1.82, 2.24) is 5.32 Å². The fraction of sp³-hybridized carbons (Fsp3) is 0.500. The Hall–Kier alpha value is -0.670. The number of allylic oxidation sites excluding steroid dienone is 1. The van der Waals surface area contributed by atoms with Gasteiger partial charge in [-0.3, -0.25) is 10.1 Å². The van der Waals surface area contributed by atoms with Gasteiger partial charge in [-0.1, -0.05) is 6.08 Å². The first-order chi connectivity index (χ1) is 4.27. The van der Waals surface area contributed by atoms with Crippen LogP contribution in [-0.4, -0.2) is 24.2 Å². The van der Waals surface area contributed by atoms with Crippen LogP contribution in [0.3, 0.4) is 0 Å². The van der Waals surface area contributed by atoms with Crippen molar-refractivity contribution in [1.29, 1.82) is 0 Å². The van der Waals surface area contributed by atoms with E-state index in [4.69, 9.17) is 5.11 Å². The van der Waals surface area contributed by atoms with E-state index in [1.165, 1.54) is 13.0 Å². The van der Waals surface area contributed by atoms with Gasteiger partial charge in [0.2, 0.25) is 0 Å². The molecule has 0 unspecified atom stereocenters. The third-order valence-electron chi connectivity index (χ3n) is 0.727. The topological polar surface area (TPSA) is 49.3 Å². The third kappa shape index (κ3) is 7.33. The highest BCUT2D eigenvalue weighted by atomic mass is 16.3. The van der Waals surface area contributed by atoms with Crippen LogP contribution in [0, 0.1) is 0 Å². The Bertz CT molecular complexity index is 110. The van der Waals surface area contributed by atoms with E-state index in [-0.39, 0.29) is 12.5 Å². The lowest BCUT2D eigenvalue weighted by atomic mass is 10.4. The SMILES string of the molecule is CC(=O)/C=C/CNCO. The van der Waals surface area contributed by atoms with E-state index in [0.717, 1.165) is 0 Å². The van der Waals surface area contributed by atoms with Gasteiger partial charge in [0, 0.05) is 6.54 Å². The van der Waals surface area contributed by atoms with Crippen molar-refractivity contribution in [3.63, 3.8) is 0 Å². The van der Waals surface area contributed by atoms with Gasteiger partial charge in [0.05, 0.1) is 6.73 Å². The maximum Gasteiger partial charge on any atom is 0.152 e. The molecule has 0 atom stereocenters. The summed E-state index contributed by atoms with van der Waals surface area (Å²) in [7, 11) is 0. The molecule has 0 aromatic heterocycles. The predicted octanol–water partition coefficient (Wildman–Crippen LogP) is -0.329. The van der Waals surface area contributed by atoms with Crippen LogP contribution in [0.4, 0.5) is 0 Å². The molecule has 3 nitrogen and oxygen atoms in total. The van der Waals surface area contributed by atoms with E-state index in [1.54, 1.807) is 6.08 Å². The molecule has 3 heteroatoms. The van der Waals surface area contributed by atoms with Crippen molar-refractivity contribution >= 4 is 5.78 Å². The normalized spacial score (nSPS) is 10.4. The monoisotopic (exact) mass is 129 g/mol. The summed E-state index contributed by atoms with van der Waals surface area (Å²) in [5.74, 6) is 0.0229. The Morgan fingerprint density at radius 3 is 2.89 bits per heavy atom. The van der Waals surface area contributed by atoms with Gasteiger partial charge in [-0.2, -0.15) is 0 Å². The number of aliphatic hydroxyl groups excluding tert-OH is 1. The molecule has 0 aromatic carbocycles. The summed E-state index contributed by atoms with van der Waals surface area (Å²) in [6.45, 7) is 1.97. The molecule has 0 aliphatic rings. The maximum atomic E-state index is 10.2. The van der Waals surface area contributed by atoms with Gasteiger partial charge in [0.1, 0.15) is 0 Å². The van der Waals surface area contributed by atoms with Crippen LogP contribution in [0.1, 0.15) is 6.92 Å². The molecule has 0 aliphatic heterocycles. The largest absolute Gasteiger partial charge is 0.381 e. The molecule has 0 heterocycles. The second-order valence-electron chi connectivity index (χ2n) is 1.63.